The van der Waals surface area contributed by atoms with Crippen LogP contribution in [0, 0.1) is 0 Å². The predicted octanol–water partition coefficient (Wildman–Crippen LogP) is 2.72. The van der Waals surface area contributed by atoms with Gasteiger partial charge in [-0.05, 0) is 12.1 Å². The molecule has 0 spiro atoms. The van der Waals surface area contributed by atoms with Gasteiger partial charge in [-0.1, -0.05) is 33.8 Å². The quantitative estimate of drug-likeness (QED) is 0.624. The Labute approximate surface area is 69.5 Å². The van der Waals surface area contributed by atoms with Crippen molar-refractivity contribution in [3.05, 3.63) is 24.4 Å². The number of hydrogen-bond donors (Lipinski definition) is 1. The summed E-state index contributed by atoms with van der Waals surface area (Å²) in [4.78, 5) is 3.76. The number of nitrogen functional groups attached to an aromatic ring is 1. The van der Waals surface area contributed by atoms with Crippen molar-refractivity contribution >= 4 is 5.82 Å². The first-order valence-electron chi connectivity index (χ1n) is 3.47. The van der Waals surface area contributed by atoms with Crippen molar-refractivity contribution in [2.45, 2.75) is 27.7 Å². The lowest BCUT2D eigenvalue weighted by Gasteiger charge is -1.82. The van der Waals surface area contributed by atoms with Crippen molar-refractivity contribution in [1.29, 1.82) is 0 Å². The van der Waals surface area contributed by atoms with Gasteiger partial charge in [0.2, 0.25) is 0 Å². The Morgan fingerprint density at radius 3 is 2.09 bits per heavy atom. The van der Waals surface area contributed by atoms with E-state index < -0.39 is 0 Å². The van der Waals surface area contributed by atoms with Gasteiger partial charge in [0.1, 0.15) is 5.82 Å². The molecule has 0 saturated carbocycles. The third-order valence-electron chi connectivity index (χ3n) is 0.688. The molecule has 0 fully saturated rings. The summed E-state index contributed by atoms with van der Waals surface area (Å²) in [5.41, 5.74) is 5.25. The molecule has 0 radical (unpaired) electrons. The molecule has 2 nitrogen and oxygen atoms in total. The van der Waals surface area contributed by atoms with Gasteiger partial charge in [0, 0.05) is 6.20 Å². The Hall–Kier alpha value is -1.05. The van der Waals surface area contributed by atoms with Gasteiger partial charge in [0.25, 0.3) is 0 Å². The first kappa shape index (κ1) is 12.6. The number of pyridine rings is 1. The molecule has 0 amide bonds. The van der Waals surface area contributed by atoms with E-state index in [1.807, 2.05) is 12.1 Å². The zero-order valence-corrected chi connectivity index (χ0v) is 6.54. The van der Waals surface area contributed by atoms with Gasteiger partial charge in [-0.2, -0.15) is 0 Å². The van der Waals surface area contributed by atoms with Gasteiger partial charge in [-0.15, -0.1) is 0 Å². The molecule has 0 unspecified atom stereocenters. The molecule has 0 aromatic carbocycles. The summed E-state index contributed by atoms with van der Waals surface area (Å²) in [5.74, 6) is 0.572. The molecule has 2 heteroatoms. The molecular formula is C9H18N2. The highest BCUT2D eigenvalue weighted by atomic mass is 14.8. The minimum Gasteiger partial charge on any atom is -0.384 e. The Morgan fingerprint density at radius 1 is 1.36 bits per heavy atom. The van der Waals surface area contributed by atoms with Gasteiger partial charge in [-0.25, -0.2) is 4.98 Å². The van der Waals surface area contributed by atoms with Gasteiger partial charge >= 0.3 is 0 Å². The average Bonchev–Trinajstić information content (AvgIpc) is 1.91. The fourth-order valence-electron chi connectivity index (χ4n) is 0.376. The Balaban J connectivity index is 0. The van der Waals surface area contributed by atoms with Crippen LogP contribution in [-0.4, -0.2) is 4.98 Å². The lowest BCUT2D eigenvalue weighted by Crippen LogP contribution is -1.85. The molecular weight excluding hydrogens is 136 g/mol. The van der Waals surface area contributed by atoms with Crippen molar-refractivity contribution in [1.82, 2.24) is 4.98 Å². The lowest BCUT2D eigenvalue weighted by molar-refractivity contribution is 1.09. The van der Waals surface area contributed by atoms with E-state index in [0.29, 0.717) is 5.82 Å². The second-order valence-electron chi connectivity index (χ2n) is 1.96. The molecule has 64 valence electrons. The maximum Gasteiger partial charge on any atom is 0.123 e. The van der Waals surface area contributed by atoms with Crippen LogP contribution in [0.4, 0.5) is 5.82 Å². The summed E-state index contributed by atoms with van der Waals surface area (Å²) in [7, 11) is 0. The highest BCUT2D eigenvalue weighted by Crippen LogP contribution is 1.89. The second-order valence-corrected chi connectivity index (χ2v) is 1.96. The summed E-state index contributed by atoms with van der Waals surface area (Å²) < 4.78 is 0. The monoisotopic (exact) mass is 154 g/mol. The van der Waals surface area contributed by atoms with Crippen molar-refractivity contribution in [3.63, 3.8) is 0 Å². The van der Waals surface area contributed by atoms with Crippen molar-refractivity contribution in [2.24, 2.45) is 0 Å². The Kier molecular flexibility index (Phi) is 10.3. The van der Waals surface area contributed by atoms with E-state index in [1.54, 1.807) is 12.3 Å². The van der Waals surface area contributed by atoms with Crippen LogP contribution in [0.3, 0.4) is 0 Å². The number of anilines is 1. The maximum absolute atomic E-state index is 5.25. The summed E-state index contributed by atoms with van der Waals surface area (Å²) in [5, 5.41) is 0. The topological polar surface area (TPSA) is 38.9 Å². The van der Waals surface area contributed by atoms with Crippen LogP contribution in [0.15, 0.2) is 24.4 Å². The van der Waals surface area contributed by atoms with Crippen LogP contribution in [0.25, 0.3) is 0 Å². The second kappa shape index (κ2) is 8.95. The first-order chi connectivity index (χ1) is 4.81. The zero-order chi connectivity index (χ0) is 7.82. The summed E-state index contributed by atoms with van der Waals surface area (Å²) in [6.07, 6.45) is 2.91. The SMILES string of the molecule is C.CCC.Nc1ccccn1. The standard InChI is InChI=1S/C5H6N2.C3H8.CH4/c6-5-3-1-2-4-7-5;1-3-2;/h1-4H,(H2,6,7);3H2,1-2H3;1H4. The average molecular weight is 154 g/mol. The van der Waals surface area contributed by atoms with Crippen LogP contribution in [0.2, 0.25) is 0 Å². The molecule has 0 aliphatic heterocycles. The normalized spacial score (nSPS) is 7.09. The third kappa shape index (κ3) is 8.95. The molecule has 0 saturated heterocycles. The number of nitrogens with zero attached hydrogens (tertiary/aromatic N) is 1. The van der Waals surface area contributed by atoms with E-state index in [1.165, 1.54) is 6.42 Å². The van der Waals surface area contributed by atoms with Gasteiger partial charge in [0.15, 0.2) is 0 Å². The molecule has 1 aromatic rings. The van der Waals surface area contributed by atoms with Crippen molar-refractivity contribution in [3.8, 4) is 0 Å². The molecule has 1 heterocycles. The fourth-order valence-corrected chi connectivity index (χ4v) is 0.376. The summed E-state index contributed by atoms with van der Waals surface area (Å²) in [6.45, 7) is 4.25. The van der Waals surface area contributed by atoms with Crippen molar-refractivity contribution in [2.75, 3.05) is 5.73 Å². The smallest absolute Gasteiger partial charge is 0.123 e. The highest BCUT2D eigenvalue weighted by molar-refractivity contribution is 5.25. The summed E-state index contributed by atoms with van der Waals surface area (Å²) >= 11 is 0. The van der Waals surface area contributed by atoms with Gasteiger partial charge in [-0.3, -0.25) is 0 Å². The molecule has 1 rings (SSSR count). The van der Waals surface area contributed by atoms with Gasteiger partial charge < -0.3 is 5.73 Å². The fraction of sp³-hybridized carbons (Fsp3) is 0.444. The molecule has 1 aromatic heterocycles. The van der Waals surface area contributed by atoms with Crippen molar-refractivity contribution < 1.29 is 0 Å². The number of aromatic nitrogens is 1. The third-order valence-corrected chi connectivity index (χ3v) is 0.688. The highest BCUT2D eigenvalue weighted by Gasteiger charge is 1.73. The van der Waals surface area contributed by atoms with Crippen LogP contribution < -0.4 is 5.73 Å². The molecule has 0 atom stereocenters. The number of hydrogen-bond acceptors (Lipinski definition) is 2. The van der Waals surface area contributed by atoms with E-state index in [4.69, 9.17) is 5.73 Å². The van der Waals surface area contributed by atoms with Gasteiger partial charge in [0.05, 0.1) is 0 Å². The minimum absolute atomic E-state index is 0. The molecule has 11 heavy (non-hydrogen) atoms. The van der Waals surface area contributed by atoms with Crippen LogP contribution in [0.5, 0.6) is 0 Å². The van der Waals surface area contributed by atoms with E-state index in [-0.39, 0.29) is 7.43 Å². The Bertz CT molecular complexity index is 149. The van der Waals surface area contributed by atoms with Crippen LogP contribution in [0.1, 0.15) is 27.7 Å². The predicted molar refractivity (Wildman–Crippen MR) is 51.3 cm³/mol. The largest absolute Gasteiger partial charge is 0.384 e. The van der Waals surface area contributed by atoms with E-state index in [2.05, 4.69) is 18.8 Å². The number of rotatable bonds is 0. The summed E-state index contributed by atoms with van der Waals surface area (Å²) in [6, 6.07) is 5.43. The molecule has 0 aliphatic rings. The minimum atomic E-state index is 0. The molecule has 2 N–H and O–H groups in total. The van der Waals surface area contributed by atoms with E-state index in [0.717, 1.165) is 0 Å². The molecule has 0 aliphatic carbocycles. The lowest BCUT2D eigenvalue weighted by atomic mass is 10.5. The van der Waals surface area contributed by atoms with Crippen LogP contribution >= 0.6 is 0 Å². The maximum atomic E-state index is 5.25. The van der Waals surface area contributed by atoms with E-state index >= 15 is 0 Å². The van der Waals surface area contributed by atoms with E-state index in [9.17, 15) is 0 Å². The van der Waals surface area contributed by atoms with Crippen LogP contribution in [-0.2, 0) is 0 Å². The molecule has 0 bridgehead atoms. The zero-order valence-electron chi connectivity index (χ0n) is 6.54. The number of nitrogens with two attached hydrogens (primary N) is 1. The first-order valence-corrected chi connectivity index (χ1v) is 3.47. The Morgan fingerprint density at radius 2 is 1.91 bits per heavy atom.